The number of fused-ring (bicyclic) bond motifs is 1. The maximum Gasteiger partial charge on any atom is 0.252 e. The maximum absolute atomic E-state index is 13.3. The predicted octanol–water partition coefficient (Wildman–Crippen LogP) is 3.91. The lowest BCUT2D eigenvalue weighted by Gasteiger charge is -2.20. The van der Waals surface area contributed by atoms with Crippen LogP contribution < -0.4 is 20.9 Å². The van der Waals surface area contributed by atoms with Gasteiger partial charge >= 0.3 is 0 Å². The molecule has 0 bridgehead atoms. The zero-order valence-electron chi connectivity index (χ0n) is 28.0. The van der Waals surface area contributed by atoms with E-state index in [1.54, 1.807) is 50.5 Å². The highest BCUT2D eigenvalue weighted by atomic mass is 16.2. The van der Waals surface area contributed by atoms with Crippen LogP contribution in [0.3, 0.4) is 0 Å². The van der Waals surface area contributed by atoms with Crippen molar-refractivity contribution in [2.45, 2.75) is 45.6 Å². The number of carbonyl (C=O) groups excluding carboxylic acids is 3. The van der Waals surface area contributed by atoms with Crippen LogP contribution in [0.15, 0.2) is 93.8 Å². The van der Waals surface area contributed by atoms with Crippen molar-refractivity contribution in [3.8, 4) is 0 Å². The second-order valence-corrected chi connectivity index (χ2v) is 11.1. The number of rotatable bonds is 16. The molecule has 0 aliphatic carbocycles. The van der Waals surface area contributed by atoms with Crippen molar-refractivity contribution in [2.75, 3.05) is 44.1 Å². The molecule has 1 aliphatic heterocycles. The number of hydrogen-bond donors (Lipinski definition) is 4. The molecule has 3 amide bonds. The Morgan fingerprint density at radius 1 is 1.19 bits per heavy atom. The van der Waals surface area contributed by atoms with Crippen molar-refractivity contribution < 1.29 is 19.5 Å². The Morgan fingerprint density at radius 3 is 2.69 bits per heavy atom. The Balaban J connectivity index is 1.59. The lowest BCUT2D eigenvalue weighted by molar-refractivity contribution is -0.125. The minimum atomic E-state index is -0.855. The second kappa shape index (κ2) is 19.2. The van der Waals surface area contributed by atoms with Gasteiger partial charge in [0, 0.05) is 68.1 Å². The zero-order chi connectivity index (χ0) is 34.9. The number of likely N-dealkylation sites (N-methyl/N-ethyl adjacent to an activating group) is 1. The number of hydrogen-bond acceptors (Lipinski definition) is 8. The molecule has 0 saturated carbocycles. The third kappa shape index (κ3) is 11.3. The van der Waals surface area contributed by atoms with Gasteiger partial charge in [-0.05, 0) is 51.0 Å². The number of aliphatic hydroxyl groups is 1. The van der Waals surface area contributed by atoms with Crippen LogP contribution in [0.4, 0.5) is 11.4 Å². The number of benzodiazepines with no additional fused rings is 1. The quantitative estimate of drug-likeness (QED) is 0.0405. The average molecular weight is 656 g/mol. The molecule has 2 heterocycles. The molecule has 1 aromatic heterocycles. The molecule has 0 fully saturated rings. The maximum atomic E-state index is 13.3. The summed E-state index contributed by atoms with van der Waals surface area (Å²) < 4.78 is 0. The van der Waals surface area contributed by atoms with E-state index in [4.69, 9.17) is 4.99 Å². The molecule has 48 heavy (non-hydrogen) atoms. The molecule has 3 rings (SSSR count). The van der Waals surface area contributed by atoms with Crippen LogP contribution in [0.1, 0.15) is 43.9 Å². The van der Waals surface area contributed by atoms with Gasteiger partial charge in [0.15, 0.2) is 0 Å². The number of anilines is 2. The number of aryl methyl sites for hydroxylation is 1. The molecule has 13 heteroatoms. The second-order valence-electron chi connectivity index (χ2n) is 11.1. The molecule has 0 saturated heterocycles. The van der Waals surface area contributed by atoms with E-state index >= 15 is 0 Å². The normalized spacial score (nSPS) is 15.4. The van der Waals surface area contributed by atoms with Crippen molar-refractivity contribution in [2.24, 2.45) is 15.0 Å². The first kappa shape index (κ1) is 36.9. The fraction of sp³-hybridized carbons (Fsp3) is 0.343. The molecule has 0 spiro atoms. The number of aliphatic hydroxyl groups excluding tert-OH is 1. The average Bonchev–Trinajstić information content (AvgIpc) is 3.19. The number of aliphatic imine (C=N–C) groups is 3. The number of nitrogens with zero attached hydrogens (tertiary/aromatic N) is 6. The van der Waals surface area contributed by atoms with Gasteiger partial charge in [-0.15, -0.1) is 6.58 Å². The molecule has 4 N–H and O–H groups in total. The molecule has 254 valence electrons. The highest BCUT2D eigenvalue weighted by Gasteiger charge is 2.30. The Kier molecular flexibility index (Phi) is 14.7. The van der Waals surface area contributed by atoms with Crippen LogP contribution in [0.5, 0.6) is 0 Å². The largest absolute Gasteiger partial charge is 0.515 e. The summed E-state index contributed by atoms with van der Waals surface area (Å²) in [4.78, 5) is 58.0. The van der Waals surface area contributed by atoms with Gasteiger partial charge in [0.2, 0.25) is 18.3 Å². The Morgan fingerprint density at radius 2 is 1.98 bits per heavy atom. The number of para-hydroxylation sites is 1. The molecule has 1 atom stereocenters. The number of nitrogens with one attached hydrogen (secondary N) is 3. The molecule has 1 aliphatic rings. The van der Waals surface area contributed by atoms with Crippen molar-refractivity contribution >= 4 is 47.5 Å². The van der Waals surface area contributed by atoms with Gasteiger partial charge in [-0.25, -0.2) is 9.98 Å². The number of aromatic nitrogens is 1. The van der Waals surface area contributed by atoms with E-state index in [-0.39, 0.29) is 31.4 Å². The van der Waals surface area contributed by atoms with Crippen LogP contribution in [0.2, 0.25) is 0 Å². The summed E-state index contributed by atoms with van der Waals surface area (Å²) in [6.45, 7) is 8.19. The van der Waals surface area contributed by atoms with Gasteiger partial charge < -0.3 is 30.9 Å². The molecular formula is C35H45N9O4. The summed E-state index contributed by atoms with van der Waals surface area (Å²) in [6.07, 6.45) is 10.3. The molecule has 13 nitrogen and oxygen atoms in total. The highest BCUT2D eigenvalue weighted by molar-refractivity contribution is 6.13. The topological polar surface area (TPSA) is 164 Å². The minimum Gasteiger partial charge on any atom is -0.515 e. The Bertz CT molecular complexity index is 1580. The van der Waals surface area contributed by atoms with Crippen LogP contribution in [0.25, 0.3) is 0 Å². The van der Waals surface area contributed by atoms with E-state index in [0.717, 1.165) is 28.9 Å². The number of benzene rings is 1. The predicted molar refractivity (Wildman–Crippen MR) is 192 cm³/mol. The number of guanidine groups is 1. The molecule has 2 aromatic rings. The van der Waals surface area contributed by atoms with Crippen molar-refractivity contribution in [3.63, 3.8) is 0 Å². The number of pyridine rings is 1. The van der Waals surface area contributed by atoms with Crippen LogP contribution in [-0.2, 0) is 14.4 Å². The fourth-order valence-electron chi connectivity index (χ4n) is 4.61. The Labute approximate surface area is 282 Å². The third-order valence-corrected chi connectivity index (χ3v) is 7.28. The van der Waals surface area contributed by atoms with Crippen molar-refractivity contribution in [1.29, 1.82) is 0 Å². The lowest BCUT2D eigenvalue weighted by atomic mass is 10.0. The lowest BCUT2D eigenvalue weighted by Crippen LogP contribution is -2.38. The highest BCUT2D eigenvalue weighted by Crippen LogP contribution is 2.27. The van der Waals surface area contributed by atoms with Gasteiger partial charge in [-0.1, -0.05) is 24.3 Å². The SMILES string of the molecule is C=CCCC1=N[C@@H](CC(=O)NC/C=C(NCC/C=N\C(=N/CN(C)C=O)Nc2ccc(C)nc2)\C(C)=C/O)C(=O)N(C)c2ccccc21. The van der Waals surface area contributed by atoms with Crippen LogP contribution in [0, 0.1) is 6.92 Å². The Hall–Kier alpha value is -5.59. The van der Waals surface area contributed by atoms with Crippen molar-refractivity contribution in [3.05, 3.63) is 90.1 Å². The molecular weight excluding hydrogens is 610 g/mol. The van der Waals surface area contributed by atoms with Gasteiger partial charge in [0.05, 0.1) is 30.3 Å². The van der Waals surface area contributed by atoms with E-state index in [1.165, 1.54) is 4.90 Å². The van der Waals surface area contributed by atoms with E-state index in [9.17, 15) is 19.5 Å². The summed E-state index contributed by atoms with van der Waals surface area (Å²) >= 11 is 0. The van der Waals surface area contributed by atoms with Gasteiger partial charge in [-0.2, -0.15) is 0 Å². The number of carbonyl (C=O) groups is 3. The first-order valence-corrected chi connectivity index (χ1v) is 15.7. The minimum absolute atomic E-state index is 0.101. The van der Waals surface area contributed by atoms with E-state index in [2.05, 4.69) is 37.5 Å². The summed E-state index contributed by atoms with van der Waals surface area (Å²) in [5, 5.41) is 18.8. The third-order valence-electron chi connectivity index (χ3n) is 7.28. The van der Waals surface area contributed by atoms with Crippen molar-refractivity contribution in [1.82, 2.24) is 20.5 Å². The molecule has 0 radical (unpaired) electrons. The standard InChI is InChI=1S/C35H45N9O4/c1-6-7-12-30-28-11-8-9-13-32(28)44(5)34(48)31(42-30)20-33(47)37-19-16-29(25(2)22-45)36-17-10-18-38-35(40-23-43(4)24-46)41-27-15-14-26(3)39-21-27/h6,8-9,11,13-16,18,21-22,24,31,36,45H,1,7,10,12,17,19-20,23H2,2-5H3,(H,37,47)(H,40,41)/b25-22-,29-16+,38-18-/t31-/m0/s1. The first-order chi connectivity index (χ1) is 23.2. The number of allylic oxidation sites excluding steroid dienone is 2. The summed E-state index contributed by atoms with van der Waals surface area (Å²) in [7, 11) is 3.32. The van der Waals surface area contributed by atoms with Gasteiger partial charge in [0.25, 0.3) is 5.91 Å². The van der Waals surface area contributed by atoms with Gasteiger partial charge in [0.1, 0.15) is 12.7 Å². The molecule has 0 unspecified atom stereocenters. The smallest absolute Gasteiger partial charge is 0.252 e. The summed E-state index contributed by atoms with van der Waals surface area (Å²) in [5.74, 6) is -0.255. The molecule has 1 aromatic carbocycles. The summed E-state index contributed by atoms with van der Waals surface area (Å²) in [6, 6.07) is 10.5. The van der Waals surface area contributed by atoms with Crippen LogP contribution in [-0.4, -0.2) is 91.0 Å². The fourth-order valence-corrected chi connectivity index (χ4v) is 4.61. The zero-order valence-corrected chi connectivity index (χ0v) is 28.0. The summed E-state index contributed by atoms with van der Waals surface area (Å²) in [5.41, 5.74) is 5.19. The van der Waals surface area contributed by atoms with E-state index in [0.29, 0.717) is 55.1 Å². The van der Waals surface area contributed by atoms with Crippen LogP contribution >= 0.6 is 0 Å². The first-order valence-electron chi connectivity index (χ1n) is 15.7. The monoisotopic (exact) mass is 655 g/mol. The van der Waals surface area contributed by atoms with E-state index in [1.807, 2.05) is 43.3 Å². The van der Waals surface area contributed by atoms with Gasteiger partial charge in [-0.3, -0.25) is 24.4 Å². The van der Waals surface area contributed by atoms with E-state index < -0.39 is 6.04 Å². The number of amides is 3.